The average molecular weight is 544 g/mol. The van der Waals surface area contributed by atoms with Gasteiger partial charge in [-0.25, -0.2) is 0 Å². The lowest BCUT2D eigenvalue weighted by Gasteiger charge is -2.36. The highest BCUT2D eigenvalue weighted by Gasteiger charge is 2.25. The van der Waals surface area contributed by atoms with E-state index < -0.39 is 0 Å². The van der Waals surface area contributed by atoms with Gasteiger partial charge in [-0.05, 0) is 12.1 Å². The Kier molecular flexibility index (Phi) is 9.28. The van der Waals surface area contributed by atoms with Crippen LogP contribution in [0.15, 0.2) is 39.9 Å². The molecule has 1 aromatic heterocycles. The third-order valence-corrected chi connectivity index (χ3v) is 5.05. The van der Waals surface area contributed by atoms with Crippen LogP contribution in [0.4, 0.5) is 0 Å². The molecule has 0 atom stereocenters. The Morgan fingerprint density at radius 3 is 2.16 bits per heavy atom. The molecule has 10 heteroatoms. The minimum absolute atomic E-state index is 0. The number of benzene rings is 1. The number of ether oxygens (including phenoxy) is 3. The van der Waals surface area contributed by atoms with Gasteiger partial charge in [-0.1, -0.05) is 0 Å². The van der Waals surface area contributed by atoms with Gasteiger partial charge in [0.1, 0.15) is 17.2 Å². The van der Waals surface area contributed by atoms with E-state index in [1.807, 2.05) is 12.1 Å². The first-order valence-electron chi connectivity index (χ1n) is 9.68. The zero-order valence-electron chi connectivity index (χ0n) is 18.2. The van der Waals surface area contributed by atoms with Crippen LogP contribution < -0.4 is 19.5 Å². The van der Waals surface area contributed by atoms with Crippen molar-refractivity contribution in [3.8, 4) is 17.2 Å². The first-order valence-corrected chi connectivity index (χ1v) is 9.68. The second-order valence-corrected chi connectivity index (χ2v) is 6.67. The van der Waals surface area contributed by atoms with Gasteiger partial charge in [-0.3, -0.25) is 9.79 Å². The van der Waals surface area contributed by atoms with E-state index in [1.165, 1.54) is 6.26 Å². The number of methoxy groups -OCH3 is 3. The van der Waals surface area contributed by atoms with E-state index in [0.29, 0.717) is 55.7 Å². The standard InChI is InChI=1S/C21H28N4O5.HI/c1-22-21(23-14-16-18(28-3)12-15(27-2)13-19(16)29-4)25-9-7-24(8-10-25)20(26)17-6-5-11-30-17;/h5-6,11-13H,7-10,14H2,1-4H3,(H,22,23);1H. The van der Waals surface area contributed by atoms with Gasteiger partial charge >= 0.3 is 0 Å². The van der Waals surface area contributed by atoms with Gasteiger partial charge in [0.25, 0.3) is 5.91 Å². The molecule has 1 aliphatic rings. The van der Waals surface area contributed by atoms with E-state index in [-0.39, 0.29) is 29.9 Å². The number of guanidine groups is 1. The Bertz CT molecular complexity index is 855. The van der Waals surface area contributed by atoms with Crippen molar-refractivity contribution in [3.05, 3.63) is 41.9 Å². The number of furan rings is 1. The molecular weight excluding hydrogens is 515 g/mol. The van der Waals surface area contributed by atoms with Crippen molar-refractivity contribution >= 4 is 35.8 Å². The molecule has 1 aliphatic heterocycles. The van der Waals surface area contributed by atoms with Gasteiger partial charge in [0.2, 0.25) is 0 Å². The Balaban J connectivity index is 0.00000341. The zero-order valence-corrected chi connectivity index (χ0v) is 20.5. The minimum Gasteiger partial charge on any atom is -0.496 e. The molecule has 2 aromatic rings. The maximum Gasteiger partial charge on any atom is 0.289 e. The predicted molar refractivity (Wildman–Crippen MR) is 128 cm³/mol. The number of amides is 1. The Hall–Kier alpha value is -2.63. The number of carbonyl (C=O) groups excluding carboxylic acids is 1. The van der Waals surface area contributed by atoms with Gasteiger partial charge in [0.15, 0.2) is 11.7 Å². The molecule has 170 valence electrons. The maximum atomic E-state index is 12.4. The fourth-order valence-corrected chi connectivity index (χ4v) is 3.43. The number of hydrogen-bond acceptors (Lipinski definition) is 6. The first-order chi connectivity index (χ1) is 14.6. The van der Waals surface area contributed by atoms with Gasteiger partial charge in [-0.15, -0.1) is 24.0 Å². The number of halogens is 1. The molecule has 1 amide bonds. The molecule has 9 nitrogen and oxygen atoms in total. The molecule has 1 fully saturated rings. The second kappa shape index (κ2) is 11.7. The summed E-state index contributed by atoms with van der Waals surface area (Å²) in [5.74, 6) is 3.03. The quantitative estimate of drug-likeness (QED) is 0.340. The molecule has 31 heavy (non-hydrogen) atoms. The Morgan fingerprint density at radius 1 is 1.06 bits per heavy atom. The van der Waals surface area contributed by atoms with E-state index in [9.17, 15) is 4.79 Å². The highest BCUT2D eigenvalue weighted by molar-refractivity contribution is 14.0. The third-order valence-electron chi connectivity index (χ3n) is 5.05. The summed E-state index contributed by atoms with van der Waals surface area (Å²) in [6.07, 6.45) is 1.51. The summed E-state index contributed by atoms with van der Waals surface area (Å²) in [5.41, 5.74) is 0.869. The van der Waals surface area contributed by atoms with Crippen LogP contribution in [-0.2, 0) is 6.54 Å². The van der Waals surface area contributed by atoms with Crippen molar-refractivity contribution in [2.24, 2.45) is 4.99 Å². The number of nitrogens with one attached hydrogen (secondary N) is 1. The summed E-state index contributed by atoms with van der Waals surface area (Å²) in [4.78, 5) is 20.7. The summed E-state index contributed by atoms with van der Waals surface area (Å²) in [7, 11) is 6.57. The van der Waals surface area contributed by atoms with Gasteiger partial charge in [-0.2, -0.15) is 0 Å². The summed E-state index contributed by atoms with van der Waals surface area (Å²) < 4.78 is 21.5. The fourth-order valence-electron chi connectivity index (χ4n) is 3.43. The van der Waals surface area contributed by atoms with Crippen LogP contribution in [0, 0.1) is 0 Å². The van der Waals surface area contributed by atoms with Gasteiger partial charge < -0.3 is 33.7 Å². The number of carbonyl (C=O) groups is 1. The van der Waals surface area contributed by atoms with Crippen molar-refractivity contribution in [1.82, 2.24) is 15.1 Å². The second-order valence-electron chi connectivity index (χ2n) is 6.67. The van der Waals surface area contributed by atoms with Gasteiger partial charge in [0, 0.05) is 45.4 Å². The van der Waals surface area contributed by atoms with Crippen molar-refractivity contribution in [2.75, 3.05) is 54.6 Å². The number of rotatable bonds is 6. The average Bonchev–Trinajstić information content (AvgIpc) is 3.34. The van der Waals surface area contributed by atoms with E-state index in [2.05, 4.69) is 15.2 Å². The SMILES string of the molecule is CN=C(NCc1c(OC)cc(OC)cc1OC)N1CCN(C(=O)c2ccco2)CC1.I. The normalized spacial score (nSPS) is 14.0. The highest BCUT2D eigenvalue weighted by atomic mass is 127. The molecule has 0 aliphatic carbocycles. The lowest BCUT2D eigenvalue weighted by molar-refractivity contribution is 0.0657. The molecule has 0 saturated carbocycles. The molecular formula is C21H29IN4O5. The van der Waals surface area contributed by atoms with Crippen LogP contribution in [0.2, 0.25) is 0 Å². The van der Waals surface area contributed by atoms with Crippen molar-refractivity contribution < 1.29 is 23.4 Å². The lowest BCUT2D eigenvalue weighted by Crippen LogP contribution is -2.53. The topological polar surface area (TPSA) is 88.8 Å². The Morgan fingerprint density at radius 2 is 1.68 bits per heavy atom. The molecule has 0 spiro atoms. The summed E-state index contributed by atoms with van der Waals surface area (Å²) in [6.45, 7) is 2.99. The zero-order chi connectivity index (χ0) is 21.5. The van der Waals surface area contributed by atoms with E-state index >= 15 is 0 Å². The predicted octanol–water partition coefficient (Wildman–Crippen LogP) is 2.46. The molecule has 0 radical (unpaired) electrons. The summed E-state index contributed by atoms with van der Waals surface area (Å²) >= 11 is 0. The van der Waals surface area contributed by atoms with Crippen LogP contribution in [0.3, 0.4) is 0 Å². The van der Waals surface area contributed by atoms with Crippen LogP contribution in [0.5, 0.6) is 17.2 Å². The molecule has 0 unspecified atom stereocenters. The first kappa shape index (κ1) is 24.6. The van der Waals surface area contributed by atoms with Crippen LogP contribution in [0.1, 0.15) is 16.1 Å². The molecule has 2 heterocycles. The highest BCUT2D eigenvalue weighted by Crippen LogP contribution is 2.33. The van der Waals surface area contributed by atoms with Crippen molar-refractivity contribution in [2.45, 2.75) is 6.54 Å². The van der Waals surface area contributed by atoms with Crippen molar-refractivity contribution in [3.63, 3.8) is 0 Å². The van der Waals surface area contributed by atoms with E-state index in [4.69, 9.17) is 18.6 Å². The Labute approximate surface area is 199 Å². The number of aliphatic imine (C=N–C) groups is 1. The van der Waals surface area contributed by atoms with Gasteiger partial charge in [0.05, 0.1) is 39.7 Å². The molecule has 1 aromatic carbocycles. The summed E-state index contributed by atoms with van der Waals surface area (Å²) in [5, 5.41) is 3.37. The monoisotopic (exact) mass is 544 g/mol. The van der Waals surface area contributed by atoms with E-state index in [0.717, 1.165) is 11.5 Å². The molecule has 3 rings (SSSR count). The van der Waals surface area contributed by atoms with Crippen molar-refractivity contribution in [1.29, 1.82) is 0 Å². The number of piperazine rings is 1. The largest absolute Gasteiger partial charge is 0.496 e. The van der Waals surface area contributed by atoms with E-state index in [1.54, 1.807) is 45.4 Å². The third kappa shape index (κ3) is 5.75. The molecule has 1 N–H and O–H groups in total. The fraction of sp³-hybridized carbons (Fsp3) is 0.429. The summed E-state index contributed by atoms with van der Waals surface area (Å²) in [6, 6.07) is 7.05. The van der Waals surface area contributed by atoms with Crippen LogP contribution >= 0.6 is 24.0 Å². The maximum absolute atomic E-state index is 12.4. The number of hydrogen-bond donors (Lipinski definition) is 1. The smallest absolute Gasteiger partial charge is 0.289 e. The lowest BCUT2D eigenvalue weighted by atomic mass is 10.1. The molecule has 0 bridgehead atoms. The minimum atomic E-state index is -0.0877. The van der Waals surface area contributed by atoms with Crippen LogP contribution in [-0.4, -0.2) is 76.2 Å². The molecule has 1 saturated heterocycles. The van der Waals surface area contributed by atoms with Crippen LogP contribution in [0.25, 0.3) is 0 Å². The number of nitrogens with zero attached hydrogens (tertiary/aromatic N) is 3.